The van der Waals surface area contributed by atoms with Crippen molar-refractivity contribution in [3.8, 4) is 0 Å². The number of carbonyl (C=O) groups is 2. The topological polar surface area (TPSA) is 46.6 Å². The summed E-state index contributed by atoms with van der Waals surface area (Å²) in [6, 6.07) is -0.380. The lowest BCUT2D eigenvalue weighted by atomic mass is 10.1. The van der Waals surface area contributed by atoms with Crippen molar-refractivity contribution in [1.82, 2.24) is 4.90 Å². The lowest BCUT2D eigenvalue weighted by Gasteiger charge is -2.27. The minimum atomic E-state index is -0.524. The number of hydrogen-bond donors (Lipinski definition) is 0. The van der Waals surface area contributed by atoms with Crippen molar-refractivity contribution in [2.24, 2.45) is 0 Å². The molecule has 1 unspecified atom stereocenters. The van der Waals surface area contributed by atoms with Gasteiger partial charge in [0.25, 0.3) is 0 Å². The second kappa shape index (κ2) is 6.51. The quantitative estimate of drug-likeness (QED) is 0.681. The van der Waals surface area contributed by atoms with Crippen LogP contribution < -0.4 is 0 Å². The average molecular weight is 229 g/mol. The molecule has 1 atom stereocenters. The van der Waals surface area contributed by atoms with Crippen molar-refractivity contribution in [2.75, 3.05) is 7.05 Å². The number of carbonyl (C=O) groups excluding carboxylic acids is 2. The van der Waals surface area contributed by atoms with Gasteiger partial charge < -0.3 is 14.4 Å². The van der Waals surface area contributed by atoms with Gasteiger partial charge in [-0.05, 0) is 27.2 Å². The fourth-order valence-electron chi connectivity index (χ4n) is 1.24. The molecule has 0 rings (SSSR count). The first-order chi connectivity index (χ1) is 7.31. The molecule has 0 fully saturated rings. The van der Waals surface area contributed by atoms with Crippen molar-refractivity contribution in [3.05, 3.63) is 0 Å². The maximum absolute atomic E-state index is 11.7. The summed E-state index contributed by atoms with van der Waals surface area (Å²) in [6.45, 7) is 7.47. The molecule has 0 radical (unpaired) electrons. The van der Waals surface area contributed by atoms with Gasteiger partial charge in [-0.3, -0.25) is 0 Å². The van der Waals surface area contributed by atoms with E-state index in [0.717, 1.165) is 19.1 Å². The van der Waals surface area contributed by atoms with Crippen LogP contribution in [0.1, 0.15) is 47.0 Å². The Hall–Kier alpha value is -1.06. The molecular formula is C12H23NO3. The Labute approximate surface area is 98.0 Å². The number of likely N-dealkylation sites (N-methyl/N-ethyl adjacent to an activating group) is 1. The zero-order valence-corrected chi connectivity index (χ0v) is 10.9. The molecule has 1 amide bonds. The number of aldehydes is 1. The van der Waals surface area contributed by atoms with Crippen molar-refractivity contribution in [3.63, 3.8) is 0 Å². The third-order valence-electron chi connectivity index (χ3n) is 2.19. The van der Waals surface area contributed by atoms with Gasteiger partial charge in [0, 0.05) is 7.05 Å². The van der Waals surface area contributed by atoms with E-state index in [1.165, 1.54) is 4.90 Å². The van der Waals surface area contributed by atoms with E-state index in [9.17, 15) is 9.59 Å². The summed E-state index contributed by atoms with van der Waals surface area (Å²) in [5, 5.41) is 0. The Morgan fingerprint density at radius 2 is 2.00 bits per heavy atom. The summed E-state index contributed by atoms with van der Waals surface area (Å²) in [6.07, 6.45) is 2.99. The molecule has 4 nitrogen and oxygen atoms in total. The molecule has 0 aliphatic heterocycles. The summed E-state index contributed by atoms with van der Waals surface area (Å²) in [5.41, 5.74) is -0.524. The highest BCUT2D eigenvalue weighted by atomic mass is 16.6. The molecule has 94 valence electrons. The zero-order chi connectivity index (χ0) is 12.8. The largest absolute Gasteiger partial charge is 0.444 e. The van der Waals surface area contributed by atoms with Crippen LogP contribution in [0.3, 0.4) is 0 Å². The normalized spacial score (nSPS) is 13.1. The maximum Gasteiger partial charge on any atom is 0.410 e. The molecule has 0 aromatic rings. The van der Waals surface area contributed by atoms with E-state index < -0.39 is 11.7 Å². The number of nitrogens with zero attached hydrogens (tertiary/aromatic N) is 1. The van der Waals surface area contributed by atoms with Crippen LogP contribution in [-0.4, -0.2) is 36.0 Å². The summed E-state index contributed by atoms with van der Waals surface area (Å²) < 4.78 is 5.19. The van der Waals surface area contributed by atoms with Crippen LogP contribution in [0.25, 0.3) is 0 Å². The van der Waals surface area contributed by atoms with E-state index in [0.29, 0.717) is 6.42 Å². The molecule has 4 heteroatoms. The highest BCUT2D eigenvalue weighted by Crippen LogP contribution is 2.12. The number of ether oxygens (including phenoxy) is 1. The smallest absolute Gasteiger partial charge is 0.410 e. The third-order valence-corrected chi connectivity index (χ3v) is 2.19. The van der Waals surface area contributed by atoms with Crippen LogP contribution in [0.4, 0.5) is 4.79 Å². The highest BCUT2D eigenvalue weighted by molar-refractivity contribution is 5.73. The maximum atomic E-state index is 11.7. The Balaban J connectivity index is 4.32. The van der Waals surface area contributed by atoms with Crippen LogP contribution in [0.2, 0.25) is 0 Å². The first-order valence-corrected chi connectivity index (χ1v) is 5.73. The summed E-state index contributed by atoms with van der Waals surface area (Å²) in [7, 11) is 1.60. The lowest BCUT2D eigenvalue weighted by molar-refractivity contribution is -0.112. The van der Waals surface area contributed by atoms with Gasteiger partial charge in [0.15, 0.2) is 0 Å². The molecule has 0 aliphatic rings. The first-order valence-electron chi connectivity index (χ1n) is 5.73. The standard InChI is InChI=1S/C12H23NO3/c1-6-7-8-10(9-14)13(5)11(15)16-12(2,3)4/h9-10H,6-8H2,1-5H3. The van der Waals surface area contributed by atoms with Crippen LogP contribution >= 0.6 is 0 Å². The SMILES string of the molecule is CCCCC(C=O)N(C)C(=O)OC(C)(C)C. The second-order valence-electron chi connectivity index (χ2n) is 4.94. The van der Waals surface area contributed by atoms with E-state index in [1.807, 2.05) is 0 Å². The zero-order valence-electron chi connectivity index (χ0n) is 10.9. The molecule has 0 spiro atoms. The van der Waals surface area contributed by atoms with Crippen LogP contribution in [0.5, 0.6) is 0 Å². The molecule has 0 aromatic heterocycles. The lowest BCUT2D eigenvalue weighted by Crippen LogP contribution is -2.41. The minimum Gasteiger partial charge on any atom is -0.444 e. The van der Waals surface area contributed by atoms with E-state index in [1.54, 1.807) is 27.8 Å². The predicted molar refractivity (Wildman–Crippen MR) is 63.4 cm³/mol. The fourth-order valence-corrected chi connectivity index (χ4v) is 1.24. The molecule has 0 aromatic carbocycles. The Bertz CT molecular complexity index is 233. The molecule has 0 N–H and O–H groups in total. The number of unbranched alkanes of at least 4 members (excludes halogenated alkanes) is 1. The van der Waals surface area contributed by atoms with Crippen LogP contribution in [0, 0.1) is 0 Å². The number of amides is 1. The van der Waals surface area contributed by atoms with Crippen molar-refractivity contribution in [1.29, 1.82) is 0 Å². The van der Waals surface area contributed by atoms with Crippen molar-refractivity contribution < 1.29 is 14.3 Å². The molecule has 16 heavy (non-hydrogen) atoms. The average Bonchev–Trinajstić information content (AvgIpc) is 2.16. The molecule has 0 aliphatic carbocycles. The van der Waals surface area contributed by atoms with Gasteiger partial charge in [0.05, 0.1) is 6.04 Å². The molecule has 0 saturated carbocycles. The third kappa shape index (κ3) is 5.73. The van der Waals surface area contributed by atoms with E-state index in [-0.39, 0.29) is 6.04 Å². The van der Waals surface area contributed by atoms with Gasteiger partial charge in [0.2, 0.25) is 0 Å². The van der Waals surface area contributed by atoms with Crippen molar-refractivity contribution >= 4 is 12.4 Å². The van der Waals surface area contributed by atoms with E-state index in [4.69, 9.17) is 4.74 Å². The van der Waals surface area contributed by atoms with Crippen LogP contribution in [-0.2, 0) is 9.53 Å². The van der Waals surface area contributed by atoms with E-state index >= 15 is 0 Å². The van der Waals surface area contributed by atoms with Gasteiger partial charge >= 0.3 is 6.09 Å². The molecule has 0 saturated heterocycles. The van der Waals surface area contributed by atoms with Gasteiger partial charge in [-0.1, -0.05) is 19.8 Å². The van der Waals surface area contributed by atoms with E-state index in [2.05, 4.69) is 6.92 Å². The summed E-state index contributed by atoms with van der Waals surface area (Å²) >= 11 is 0. The molecule has 0 bridgehead atoms. The summed E-state index contributed by atoms with van der Waals surface area (Å²) in [5.74, 6) is 0. The molecular weight excluding hydrogens is 206 g/mol. The van der Waals surface area contributed by atoms with Crippen LogP contribution in [0.15, 0.2) is 0 Å². The van der Waals surface area contributed by atoms with Crippen molar-refractivity contribution in [2.45, 2.75) is 58.6 Å². The first kappa shape index (κ1) is 14.9. The Morgan fingerprint density at radius 3 is 2.38 bits per heavy atom. The monoisotopic (exact) mass is 229 g/mol. The van der Waals surface area contributed by atoms with Gasteiger partial charge in [-0.25, -0.2) is 4.79 Å². The Morgan fingerprint density at radius 1 is 1.44 bits per heavy atom. The number of hydrogen-bond acceptors (Lipinski definition) is 3. The van der Waals surface area contributed by atoms with Gasteiger partial charge in [-0.15, -0.1) is 0 Å². The fraction of sp³-hybridized carbons (Fsp3) is 0.833. The summed E-state index contributed by atoms with van der Waals surface area (Å²) in [4.78, 5) is 23.9. The molecule has 0 heterocycles. The number of rotatable bonds is 5. The minimum absolute atomic E-state index is 0.380. The highest BCUT2D eigenvalue weighted by Gasteiger charge is 2.24. The van der Waals surface area contributed by atoms with Gasteiger partial charge in [0.1, 0.15) is 11.9 Å². The second-order valence-corrected chi connectivity index (χ2v) is 4.94. The Kier molecular flexibility index (Phi) is 6.08. The predicted octanol–water partition coefficient (Wildman–Crippen LogP) is 2.61. The van der Waals surface area contributed by atoms with Gasteiger partial charge in [-0.2, -0.15) is 0 Å².